The summed E-state index contributed by atoms with van der Waals surface area (Å²) in [6.07, 6.45) is 1.44. The number of amides is 2. The van der Waals surface area contributed by atoms with Crippen LogP contribution in [0.4, 0.5) is 0 Å². The number of hydrogen-bond donors (Lipinski definition) is 2. The molecule has 1 saturated heterocycles. The highest BCUT2D eigenvalue weighted by Gasteiger charge is 2.25. The number of aromatic hydroxyl groups is 1. The van der Waals surface area contributed by atoms with E-state index >= 15 is 0 Å². The molecule has 1 heterocycles. The summed E-state index contributed by atoms with van der Waals surface area (Å²) < 4.78 is 0.949. The molecular weight excluding hydrogens is 431 g/mol. The highest BCUT2D eigenvalue weighted by atomic mass is 127. The quantitative estimate of drug-likeness (QED) is 0.707. The van der Waals surface area contributed by atoms with Gasteiger partial charge in [-0.2, -0.15) is 0 Å². The number of halogens is 1. The Morgan fingerprint density at radius 2 is 1.80 bits per heavy atom. The number of nitrogens with zero attached hydrogens (tertiary/aromatic N) is 1. The Balaban J connectivity index is 1.56. The maximum atomic E-state index is 12.6. The Morgan fingerprint density at radius 3 is 2.48 bits per heavy atom. The Bertz CT molecular complexity index is 786. The molecule has 0 atom stereocenters. The summed E-state index contributed by atoms with van der Waals surface area (Å²) in [7, 11) is 0. The molecule has 2 N–H and O–H groups in total. The number of likely N-dealkylation sites (tertiary alicyclic amines) is 1. The van der Waals surface area contributed by atoms with E-state index in [1.54, 1.807) is 12.1 Å². The molecule has 0 saturated carbocycles. The second kappa shape index (κ2) is 7.86. The fourth-order valence-electron chi connectivity index (χ4n) is 2.95. The smallest absolute Gasteiger partial charge is 0.254 e. The van der Waals surface area contributed by atoms with Gasteiger partial charge in [0.1, 0.15) is 5.75 Å². The van der Waals surface area contributed by atoms with Gasteiger partial charge < -0.3 is 15.3 Å². The minimum atomic E-state index is -0.196. The van der Waals surface area contributed by atoms with E-state index in [4.69, 9.17) is 0 Å². The molecule has 0 aliphatic carbocycles. The fourth-order valence-corrected chi connectivity index (χ4v) is 3.57. The topological polar surface area (TPSA) is 69.6 Å². The second-order valence-corrected chi connectivity index (χ2v) is 7.23. The van der Waals surface area contributed by atoms with Gasteiger partial charge in [0.25, 0.3) is 11.8 Å². The highest BCUT2D eigenvalue weighted by molar-refractivity contribution is 14.1. The molecule has 1 aliphatic rings. The minimum Gasteiger partial charge on any atom is -0.508 e. The van der Waals surface area contributed by atoms with Crippen LogP contribution in [0.5, 0.6) is 5.75 Å². The number of hydrogen-bond acceptors (Lipinski definition) is 3. The number of phenolic OH excluding ortho intramolecular Hbond substituents is 1. The molecule has 2 amide bonds. The Kier molecular flexibility index (Phi) is 5.57. The first-order valence-corrected chi connectivity index (χ1v) is 9.26. The van der Waals surface area contributed by atoms with Crippen LogP contribution in [0.2, 0.25) is 0 Å². The summed E-state index contributed by atoms with van der Waals surface area (Å²) in [4.78, 5) is 26.7. The predicted molar refractivity (Wildman–Crippen MR) is 104 cm³/mol. The molecule has 0 aromatic heterocycles. The summed E-state index contributed by atoms with van der Waals surface area (Å²) in [6, 6.07) is 13.9. The van der Waals surface area contributed by atoms with Crippen molar-refractivity contribution in [2.75, 3.05) is 13.1 Å². The number of rotatable bonds is 3. The summed E-state index contributed by atoms with van der Waals surface area (Å²) in [5.74, 6) is -0.0772. The van der Waals surface area contributed by atoms with Crippen molar-refractivity contribution in [3.05, 3.63) is 63.2 Å². The molecule has 2 aromatic carbocycles. The van der Waals surface area contributed by atoms with Crippen LogP contribution >= 0.6 is 22.6 Å². The van der Waals surface area contributed by atoms with Crippen molar-refractivity contribution in [3.63, 3.8) is 0 Å². The zero-order valence-corrected chi connectivity index (χ0v) is 15.8. The molecule has 0 bridgehead atoms. The third kappa shape index (κ3) is 4.31. The normalized spacial score (nSPS) is 15.0. The molecule has 5 nitrogen and oxygen atoms in total. The van der Waals surface area contributed by atoms with E-state index in [0.717, 1.165) is 22.0 Å². The molecule has 130 valence electrons. The number of benzene rings is 2. The van der Waals surface area contributed by atoms with Crippen molar-refractivity contribution in [1.82, 2.24) is 10.2 Å². The maximum absolute atomic E-state index is 12.6. The van der Waals surface area contributed by atoms with Crippen molar-refractivity contribution < 1.29 is 14.7 Å². The van der Waals surface area contributed by atoms with Gasteiger partial charge in [0.05, 0.1) is 5.56 Å². The van der Waals surface area contributed by atoms with Crippen LogP contribution in [0.15, 0.2) is 48.5 Å². The van der Waals surface area contributed by atoms with E-state index in [1.807, 2.05) is 29.2 Å². The van der Waals surface area contributed by atoms with Gasteiger partial charge in [0, 0.05) is 28.3 Å². The molecule has 3 rings (SSSR count). The molecular formula is C19H19IN2O3. The highest BCUT2D eigenvalue weighted by Crippen LogP contribution is 2.18. The average Bonchev–Trinajstić information content (AvgIpc) is 2.62. The van der Waals surface area contributed by atoms with E-state index in [9.17, 15) is 14.7 Å². The van der Waals surface area contributed by atoms with Crippen molar-refractivity contribution in [3.8, 4) is 5.75 Å². The van der Waals surface area contributed by atoms with Gasteiger partial charge in [0.15, 0.2) is 0 Å². The first-order chi connectivity index (χ1) is 12.0. The maximum Gasteiger partial charge on any atom is 0.254 e. The number of carbonyl (C=O) groups excluding carboxylic acids is 2. The lowest BCUT2D eigenvalue weighted by Crippen LogP contribution is -2.46. The van der Waals surface area contributed by atoms with Crippen LogP contribution in [0.1, 0.15) is 33.6 Å². The van der Waals surface area contributed by atoms with Gasteiger partial charge in [-0.15, -0.1) is 0 Å². The number of piperidine rings is 1. The van der Waals surface area contributed by atoms with Crippen LogP contribution in [0.25, 0.3) is 0 Å². The molecule has 2 aromatic rings. The van der Waals surface area contributed by atoms with Crippen LogP contribution in [-0.4, -0.2) is 41.0 Å². The largest absolute Gasteiger partial charge is 0.508 e. The number of phenols is 1. The van der Waals surface area contributed by atoms with Crippen LogP contribution in [0.3, 0.4) is 0 Å². The Labute approximate surface area is 160 Å². The van der Waals surface area contributed by atoms with Gasteiger partial charge in [-0.25, -0.2) is 0 Å². The Hall–Kier alpha value is -2.09. The lowest BCUT2D eigenvalue weighted by molar-refractivity contribution is 0.0697. The van der Waals surface area contributed by atoms with E-state index in [-0.39, 0.29) is 23.6 Å². The molecule has 0 unspecified atom stereocenters. The number of carbonyl (C=O) groups is 2. The zero-order chi connectivity index (χ0) is 17.8. The standard InChI is InChI=1S/C19H19IN2O3/c20-17-7-2-1-6-16(17)19(25)22-10-8-14(9-11-22)21-18(24)13-4-3-5-15(23)12-13/h1-7,12,14,23H,8-11H2,(H,21,24). The van der Waals surface area contributed by atoms with E-state index in [2.05, 4.69) is 27.9 Å². The third-order valence-corrected chi connectivity index (χ3v) is 5.27. The summed E-state index contributed by atoms with van der Waals surface area (Å²) in [5, 5.41) is 12.5. The lowest BCUT2D eigenvalue weighted by atomic mass is 10.0. The molecule has 25 heavy (non-hydrogen) atoms. The van der Waals surface area contributed by atoms with Gasteiger partial charge in [0.2, 0.25) is 0 Å². The SMILES string of the molecule is O=C(NC1CCN(C(=O)c2ccccc2I)CC1)c1cccc(O)c1. The van der Waals surface area contributed by atoms with Gasteiger partial charge in [-0.1, -0.05) is 18.2 Å². The molecule has 1 aliphatic heterocycles. The van der Waals surface area contributed by atoms with E-state index in [1.165, 1.54) is 12.1 Å². The minimum absolute atomic E-state index is 0.0359. The Morgan fingerprint density at radius 1 is 1.08 bits per heavy atom. The fraction of sp³-hybridized carbons (Fsp3) is 0.263. The summed E-state index contributed by atoms with van der Waals surface area (Å²) >= 11 is 2.18. The summed E-state index contributed by atoms with van der Waals surface area (Å²) in [5.41, 5.74) is 1.17. The first kappa shape index (κ1) is 17.7. The van der Waals surface area contributed by atoms with E-state index in [0.29, 0.717) is 18.7 Å². The van der Waals surface area contributed by atoms with Crippen molar-refractivity contribution in [1.29, 1.82) is 0 Å². The van der Waals surface area contributed by atoms with Crippen LogP contribution in [0, 0.1) is 3.57 Å². The van der Waals surface area contributed by atoms with Gasteiger partial charge in [-0.3, -0.25) is 9.59 Å². The van der Waals surface area contributed by atoms with Gasteiger partial charge in [-0.05, 0) is 65.8 Å². The van der Waals surface area contributed by atoms with E-state index < -0.39 is 0 Å². The lowest BCUT2D eigenvalue weighted by Gasteiger charge is -2.32. The van der Waals surface area contributed by atoms with Crippen molar-refractivity contribution in [2.24, 2.45) is 0 Å². The first-order valence-electron chi connectivity index (χ1n) is 8.18. The van der Waals surface area contributed by atoms with Gasteiger partial charge >= 0.3 is 0 Å². The molecule has 0 radical (unpaired) electrons. The van der Waals surface area contributed by atoms with Crippen LogP contribution in [-0.2, 0) is 0 Å². The molecule has 6 heteroatoms. The molecule has 0 spiro atoms. The average molecular weight is 450 g/mol. The predicted octanol–water partition coefficient (Wildman–Crippen LogP) is 3.03. The van der Waals surface area contributed by atoms with Crippen LogP contribution < -0.4 is 5.32 Å². The molecule has 1 fully saturated rings. The second-order valence-electron chi connectivity index (χ2n) is 6.07. The monoisotopic (exact) mass is 450 g/mol. The van der Waals surface area contributed by atoms with Crippen molar-refractivity contribution >= 4 is 34.4 Å². The van der Waals surface area contributed by atoms with Crippen molar-refractivity contribution in [2.45, 2.75) is 18.9 Å². The number of nitrogens with one attached hydrogen (secondary N) is 1. The zero-order valence-electron chi connectivity index (χ0n) is 13.6. The summed E-state index contributed by atoms with van der Waals surface area (Å²) in [6.45, 7) is 1.24. The third-order valence-electron chi connectivity index (χ3n) is 4.33.